The molecule has 2 saturated heterocycles. The number of aryl methyl sites for hydroxylation is 2. The normalized spacial score (nSPS) is 15.6. The summed E-state index contributed by atoms with van der Waals surface area (Å²) in [7, 11) is 1.34. The van der Waals surface area contributed by atoms with Crippen LogP contribution >= 0.6 is 0 Å². The molecule has 8 rings (SSSR count). The van der Waals surface area contributed by atoms with Crippen LogP contribution in [0.1, 0.15) is 69.7 Å². The van der Waals surface area contributed by atoms with E-state index in [0.29, 0.717) is 51.5 Å². The maximum Gasteiger partial charge on any atom is 0.410 e. The number of hydrogen-bond donors (Lipinski definition) is 2. The van der Waals surface area contributed by atoms with Crippen molar-refractivity contribution in [3.63, 3.8) is 0 Å². The van der Waals surface area contributed by atoms with Gasteiger partial charge in [-0.3, -0.25) is 9.36 Å². The minimum Gasteiger partial charge on any atom is -0.444 e. The Morgan fingerprint density at radius 1 is 0.731 bits per heavy atom. The third-order valence-corrected chi connectivity index (χ3v) is 15.6. The van der Waals surface area contributed by atoms with Crippen molar-refractivity contribution in [2.75, 3.05) is 63.5 Å². The number of anilines is 2. The van der Waals surface area contributed by atoms with Crippen LogP contribution in [0, 0.1) is 0 Å². The molecular weight excluding hydrogens is 881 g/mol. The van der Waals surface area contributed by atoms with E-state index in [-0.39, 0.29) is 12.0 Å². The summed E-state index contributed by atoms with van der Waals surface area (Å²) in [6.07, 6.45) is 14.8. The lowest BCUT2D eigenvalue weighted by Crippen LogP contribution is -2.41. The number of carbonyl (C=O) groups excluding carboxylic acids is 1. The first-order chi connectivity index (χ1) is 31.7. The second kappa shape index (κ2) is 21.0. The van der Waals surface area contributed by atoms with Crippen molar-refractivity contribution in [1.29, 1.82) is 0 Å². The molecule has 2 aliphatic rings. The van der Waals surface area contributed by atoms with Crippen molar-refractivity contribution in [2.45, 2.75) is 115 Å². The number of nitrogens with zero attached hydrogens (tertiary/aromatic N) is 12. The molecule has 2 aliphatic heterocycles. The minimum absolute atomic E-state index is 0.187. The summed E-state index contributed by atoms with van der Waals surface area (Å²) in [4.78, 5) is 26.8. The van der Waals surface area contributed by atoms with Gasteiger partial charge in [-0.25, -0.2) is 14.8 Å². The van der Waals surface area contributed by atoms with Crippen LogP contribution in [-0.2, 0) is 28.3 Å². The van der Waals surface area contributed by atoms with Gasteiger partial charge in [-0.1, -0.05) is 39.3 Å². The summed E-state index contributed by atoms with van der Waals surface area (Å²) in [5.74, 6) is 2.17. The van der Waals surface area contributed by atoms with Crippen molar-refractivity contribution < 1.29 is 19.0 Å². The van der Waals surface area contributed by atoms with Crippen LogP contribution in [0.3, 0.4) is 0 Å². The van der Waals surface area contributed by atoms with Gasteiger partial charge in [0, 0.05) is 127 Å². The maximum absolute atomic E-state index is 12.8. The summed E-state index contributed by atoms with van der Waals surface area (Å²) in [5.41, 5.74) is 13.2. The molecule has 8 heterocycles. The molecule has 18 nitrogen and oxygen atoms in total. The molecule has 364 valence electrons. The first kappa shape index (κ1) is 49.7. The molecule has 1 amide bonds. The molecule has 6 aromatic heterocycles. The van der Waals surface area contributed by atoms with Crippen LogP contribution in [0.25, 0.3) is 33.5 Å². The lowest BCUT2D eigenvalue weighted by Gasteiger charge is -2.33. The molecule has 6 aromatic rings. The molecule has 0 bridgehead atoms. The fourth-order valence-corrected chi connectivity index (χ4v) is 9.73. The number of nitrogen functional groups attached to an aromatic ring is 1. The van der Waals surface area contributed by atoms with Gasteiger partial charge in [-0.2, -0.15) is 29.4 Å². The van der Waals surface area contributed by atoms with E-state index in [0.717, 1.165) is 102 Å². The number of likely N-dealkylation sites (tertiary alicyclic amines) is 1. The molecule has 2 fully saturated rings. The monoisotopic (exact) mass is 955 g/mol. The molecule has 0 aromatic carbocycles. The van der Waals surface area contributed by atoms with Crippen LogP contribution < -0.4 is 16.0 Å². The molecule has 0 aliphatic carbocycles. The number of aromatic nitrogens is 10. The van der Waals surface area contributed by atoms with Gasteiger partial charge in [0.15, 0.2) is 11.3 Å². The Kier molecular flexibility index (Phi) is 15.6. The highest BCUT2D eigenvalue weighted by molar-refractivity contribution is 6.76. The number of piperidine rings is 2. The fourth-order valence-electron chi connectivity index (χ4n) is 8.22. The first-order valence-electron chi connectivity index (χ1n) is 23.8. The van der Waals surface area contributed by atoms with E-state index in [1.807, 2.05) is 87.5 Å². The Labute approximate surface area is 397 Å². The van der Waals surface area contributed by atoms with E-state index in [9.17, 15) is 4.79 Å². The number of nitrogens with one attached hydrogen (secondary N) is 1. The molecule has 0 radical (unpaired) electrons. The highest BCUT2D eigenvalue weighted by Crippen LogP contribution is 2.34. The van der Waals surface area contributed by atoms with Gasteiger partial charge in [-0.15, -0.1) is 0 Å². The van der Waals surface area contributed by atoms with Gasteiger partial charge in [0.1, 0.15) is 30.7 Å². The Hall–Kier alpha value is -5.16. The molecule has 0 atom stereocenters. The SMILES string of the molecule is Cn1cc(-c2cnn3c(N(COCC[Si](C)(C)C)COCC[Si](C)(C)C)cc(C4CCN(C(=O)OC(C)(C)C)CC4)nc23)cn1.Cn1cc(-c2cnn3c(N)cc(C4CCNCC4)nc23)cn1. The molecule has 20 heteroatoms. The quantitative estimate of drug-likeness (QED) is 0.0577. The van der Waals surface area contributed by atoms with Crippen LogP contribution in [-0.4, -0.2) is 134 Å². The van der Waals surface area contributed by atoms with Gasteiger partial charge >= 0.3 is 6.09 Å². The number of nitrogens with two attached hydrogens (primary N) is 1. The standard InChI is InChI=1S/C32H55N7O4Si2.C15H19N7/c1-32(2,3)43-31(40)37-13-11-25(12-14-37)28-19-29(39-30(35-28)27(21-34-39)26-20-33-36(4)22-26)38(23-41-15-17-44(5,6)7)24-42-16-18-45(8,9)10;1-21-9-11(7-18-21)12-8-19-22-14(16)6-13(20-15(12)22)10-2-4-17-5-3-10/h19-22,25H,11-18,23-24H2,1-10H3;6-10,17H,2-5,16H2,1H3. The van der Waals surface area contributed by atoms with E-state index < -0.39 is 21.7 Å². The lowest BCUT2D eigenvalue weighted by atomic mass is 9.93. The second-order valence-electron chi connectivity index (χ2n) is 21.5. The number of hydrogen-bond acceptors (Lipinski definition) is 13. The zero-order chi connectivity index (χ0) is 48.1. The van der Waals surface area contributed by atoms with E-state index in [1.165, 1.54) is 0 Å². The average molecular weight is 955 g/mol. The first-order valence-corrected chi connectivity index (χ1v) is 31.2. The topological polar surface area (TPSA) is 185 Å². The van der Waals surface area contributed by atoms with Gasteiger partial charge in [0.2, 0.25) is 0 Å². The average Bonchev–Trinajstić information content (AvgIpc) is 4.09. The smallest absolute Gasteiger partial charge is 0.410 e. The van der Waals surface area contributed by atoms with Crippen LogP contribution in [0.2, 0.25) is 51.4 Å². The van der Waals surface area contributed by atoms with Gasteiger partial charge in [0.05, 0.1) is 24.8 Å². The Morgan fingerprint density at radius 2 is 1.22 bits per heavy atom. The molecule has 0 saturated carbocycles. The predicted octanol–water partition coefficient (Wildman–Crippen LogP) is 7.85. The van der Waals surface area contributed by atoms with Gasteiger partial charge in [-0.05, 0) is 71.6 Å². The highest BCUT2D eigenvalue weighted by Gasteiger charge is 2.30. The summed E-state index contributed by atoms with van der Waals surface area (Å²) >= 11 is 0. The zero-order valence-electron chi connectivity index (χ0n) is 41.7. The summed E-state index contributed by atoms with van der Waals surface area (Å²) in [6.45, 7) is 25.4. The Morgan fingerprint density at radius 3 is 1.72 bits per heavy atom. The summed E-state index contributed by atoms with van der Waals surface area (Å²) in [6, 6.07) is 6.29. The van der Waals surface area contributed by atoms with E-state index >= 15 is 0 Å². The number of amides is 1. The van der Waals surface area contributed by atoms with Gasteiger partial charge in [0.25, 0.3) is 0 Å². The third kappa shape index (κ3) is 13.3. The van der Waals surface area contributed by atoms with Crippen molar-refractivity contribution in [2.24, 2.45) is 14.1 Å². The number of fused-ring (bicyclic) bond motifs is 2. The number of rotatable bonds is 15. The van der Waals surface area contributed by atoms with Crippen LogP contribution in [0.5, 0.6) is 0 Å². The van der Waals surface area contributed by atoms with Crippen LogP contribution in [0.4, 0.5) is 16.4 Å². The fraction of sp³-hybridized carbons (Fsp3) is 0.596. The molecular formula is C47H74N14O4Si2. The summed E-state index contributed by atoms with van der Waals surface area (Å²) < 4.78 is 25.4. The predicted molar refractivity (Wildman–Crippen MR) is 270 cm³/mol. The van der Waals surface area contributed by atoms with Crippen molar-refractivity contribution in [3.8, 4) is 22.3 Å². The minimum atomic E-state index is -1.24. The Balaban J connectivity index is 0.000000250. The summed E-state index contributed by atoms with van der Waals surface area (Å²) in [5, 5.41) is 21.2. The molecule has 3 N–H and O–H groups in total. The van der Waals surface area contributed by atoms with Crippen molar-refractivity contribution in [1.82, 2.24) is 59.0 Å². The number of ether oxygens (including phenoxy) is 3. The molecule has 0 unspecified atom stereocenters. The zero-order valence-corrected chi connectivity index (χ0v) is 43.7. The van der Waals surface area contributed by atoms with E-state index in [4.69, 9.17) is 35.0 Å². The van der Waals surface area contributed by atoms with E-state index in [1.54, 1.807) is 13.9 Å². The van der Waals surface area contributed by atoms with Gasteiger partial charge < -0.3 is 35.1 Å². The molecule has 0 spiro atoms. The van der Waals surface area contributed by atoms with Crippen molar-refractivity contribution in [3.05, 3.63) is 60.7 Å². The lowest BCUT2D eigenvalue weighted by molar-refractivity contribution is 0.0204. The maximum atomic E-state index is 12.8. The number of carbonyl (C=O) groups is 1. The Bertz CT molecular complexity index is 2550. The third-order valence-electron chi connectivity index (χ3n) is 12.2. The second-order valence-corrected chi connectivity index (χ2v) is 32.8. The van der Waals surface area contributed by atoms with E-state index in [2.05, 4.69) is 70.9 Å². The largest absolute Gasteiger partial charge is 0.444 e. The van der Waals surface area contributed by atoms with Crippen molar-refractivity contribution >= 4 is 45.2 Å². The molecule has 67 heavy (non-hydrogen) atoms. The highest BCUT2D eigenvalue weighted by atomic mass is 28.3. The van der Waals surface area contributed by atoms with Crippen LogP contribution in [0.15, 0.2) is 49.3 Å².